The number of hydrogen-bond acceptors (Lipinski definition) is 4. The van der Waals surface area contributed by atoms with E-state index in [-0.39, 0.29) is 30.3 Å². The molecule has 0 spiro atoms. The van der Waals surface area contributed by atoms with Crippen molar-refractivity contribution in [1.29, 1.82) is 0 Å². The molecule has 2 aromatic rings. The zero-order chi connectivity index (χ0) is 14.1. The predicted molar refractivity (Wildman–Crippen MR) is 90.2 cm³/mol. The number of rotatable bonds is 2. The highest BCUT2D eigenvalue weighted by atomic mass is 35.5. The van der Waals surface area contributed by atoms with Crippen LogP contribution in [0.4, 0.5) is 5.13 Å². The van der Waals surface area contributed by atoms with Gasteiger partial charge in [0, 0.05) is 12.0 Å². The maximum absolute atomic E-state index is 12.3. The molecule has 0 saturated heterocycles. The maximum Gasteiger partial charge on any atom is 0.229 e. The molecule has 0 aliphatic heterocycles. The average molecular weight is 326 g/mol. The van der Waals surface area contributed by atoms with Gasteiger partial charge in [-0.2, -0.15) is 0 Å². The molecule has 3 N–H and O–H groups in total. The highest BCUT2D eigenvalue weighted by Gasteiger charge is 2.25. The van der Waals surface area contributed by atoms with Crippen molar-refractivity contribution < 1.29 is 4.79 Å². The van der Waals surface area contributed by atoms with Crippen LogP contribution in [-0.2, 0) is 4.79 Å². The number of hydrogen-bond donors (Lipinski definition) is 2. The molecule has 1 aliphatic rings. The minimum atomic E-state index is 0. The topological polar surface area (TPSA) is 68.0 Å². The van der Waals surface area contributed by atoms with Crippen molar-refractivity contribution in [2.75, 3.05) is 5.32 Å². The van der Waals surface area contributed by atoms with Crippen LogP contribution in [0.3, 0.4) is 0 Å². The second-order valence-electron chi connectivity index (χ2n) is 5.60. The van der Waals surface area contributed by atoms with Crippen molar-refractivity contribution in [3.63, 3.8) is 0 Å². The molecule has 1 aromatic heterocycles. The standard InChI is InChI=1S/C15H19N3OS.ClH/c1-9-5-6-12-13(7-9)20-15(17-12)18-14(19)10-3-2-4-11(16)8-10;/h5-7,10-11H,2-4,8,16H2,1H3,(H,17,18,19);1H. The number of aryl methyl sites for hydroxylation is 1. The highest BCUT2D eigenvalue weighted by Crippen LogP contribution is 2.29. The molecule has 1 saturated carbocycles. The van der Waals surface area contributed by atoms with E-state index in [9.17, 15) is 4.79 Å². The van der Waals surface area contributed by atoms with Crippen molar-refractivity contribution in [3.8, 4) is 0 Å². The lowest BCUT2D eigenvalue weighted by Gasteiger charge is -2.25. The molecule has 0 bridgehead atoms. The van der Waals surface area contributed by atoms with Gasteiger partial charge in [-0.1, -0.05) is 23.8 Å². The number of carbonyl (C=O) groups is 1. The molecule has 0 radical (unpaired) electrons. The van der Waals surface area contributed by atoms with Crippen LogP contribution < -0.4 is 11.1 Å². The number of thiazole rings is 1. The smallest absolute Gasteiger partial charge is 0.229 e. The van der Waals surface area contributed by atoms with Gasteiger partial charge in [0.1, 0.15) is 0 Å². The van der Waals surface area contributed by atoms with Crippen molar-refractivity contribution in [2.24, 2.45) is 11.7 Å². The second kappa shape index (κ2) is 6.73. The summed E-state index contributed by atoms with van der Waals surface area (Å²) in [7, 11) is 0. The third kappa shape index (κ3) is 3.73. The number of carbonyl (C=O) groups excluding carboxylic acids is 1. The quantitative estimate of drug-likeness (QED) is 0.888. The van der Waals surface area contributed by atoms with Gasteiger partial charge >= 0.3 is 0 Å². The van der Waals surface area contributed by atoms with Gasteiger partial charge in [0.2, 0.25) is 5.91 Å². The van der Waals surface area contributed by atoms with Crippen molar-refractivity contribution in [2.45, 2.75) is 38.6 Å². The van der Waals surface area contributed by atoms with E-state index in [1.165, 1.54) is 16.9 Å². The number of halogens is 1. The Morgan fingerprint density at radius 3 is 3.00 bits per heavy atom. The van der Waals surface area contributed by atoms with Gasteiger partial charge in [-0.25, -0.2) is 4.98 Å². The molecular weight excluding hydrogens is 306 g/mol. The fourth-order valence-corrected chi connectivity index (χ4v) is 3.73. The molecule has 21 heavy (non-hydrogen) atoms. The van der Waals surface area contributed by atoms with Gasteiger partial charge < -0.3 is 11.1 Å². The normalized spacial score (nSPS) is 21.8. The molecule has 1 aromatic carbocycles. The van der Waals surface area contributed by atoms with Crippen LogP contribution in [0.15, 0.2) is 18.2 Å². The summed E-state index contributed by atoms with van der Waals surface area (Å²) in [5.41, 5.74) is 8.09. The summed E-state index contributed by atoms with van der Waals surface area (Å²) in [5.74, 6) is 0.100. The van der Waals surface area contributed by atoms with Gasteiger partial charge in [-0.3, -0.25) is 4.79 Å². The Morgan fingerprint density at radius 2 is 2.24 bits per heavy atom. The summed E-state index contributed by atoms with van der Waals surface area (Å²) < 4.78 is 1.11. The van der Waals surface area contributed by atoms with Gasteiger partial charge in [-0.15, -0.1) is 12.4 Å². The fraction of sp³-hybridized carbons (Fsp3) is 0.467. The first-order valence-corrected chi connectivity index (χ1v) is 7.87. The van der Waals surface area contributed by atoms with Crippen LogP contribution in [0, 0.1) is 12.8 Å². The first-order chi connectivity index (χ1) is 9.61. The minimum Gasteiger partial charge on any atom is -0.328 e. The van der Waals surface area contributed by atoms with E-state index in [4.69, 9.17) is 5.73 Å². The number of nitrogens with one attached hydrogen (secondary N) is 1. The molecule has 2 unspecified atom stereocenters. The fourth-order valence-electron chi connectivity index (χ4n) is 2.76. The average Bonchev–Trinajstić information content (AvgIpc) is 2.80. The first kappa shape index (κ1) is 16.2. The van der Waals surface area contributed by atoms with Crippen molar-refractivity contribution in [3.05, 3.63) is 23.8 Å². The Bertz CT molecular complexity index is 643. The molecular formula is C15H20ClN3OS. The Kier molecular flexibility index (Phi) is 5.19. The number of benzene rings is 1. The summed E-state index contributed by atoms with van der Waals surface area (Å²) in [6, 6.07) is 6.29. The number of nitrogens with zero attached hydrogens (tertiary/aromatic N) is 1. The third-order valence-corrected chi connectivity index (χ3v) is 4.79. The summed E-state index contributed by atoms with van der Waals surface area (Å²) in [4.78, 5) is 16.7. The monoisotopic (exact) mass is 325 g/mol. The van der Waals surface area contributed by atoms with Gasteiger partial charge in [0.05, 0.1) is 10.2 Å². The Hall–Kier alpha value is -1.17. The Balaban J connectivity index is 0.00000161. The number of aromatic nitrogens is 1. The van der Waals surface area contributed by atoms with Crippen LogP contribution in [0.2, 0.25) is 0 Å². The second-order valence-corrected chi connectivity index (χ2v) is 6.63. The first-order valence-electron chi connectivity index (χ1n) is 7.05. The van der Waals surface area contributed by atoms with E-state index in [1.54, 1.807) is 0 Å². The lowest BCUT2D eigenvalue weighted by atomic mass is 9.86. The van der Waals surface area contributed by atoms with E-state index in [1.807, 2.05) is 12.1 Å². The lowest BCUT2D eigenvalue weighted by molar-refractivity contribution is -0.120. The molecule has 4 nitrogen and oxygen atoms in total. The lowest BCUT2D eigenvalue weighted by Crippen LogP contribution is -2.34. The summed E-state index contributed by atoms with van der Waals surface area (Å²) in [6.07, 6.45) is 3.79. The predicted octanol–water partition coefficient (Wildman–Crippen LogP) is 3.48. The molecule has 114 valence electrons. The maximum atomic E-state index is 12.3. The Morgan fingerprint density at radius 1 is 1.43 bits per heavy atom. The zero-order valence-electron chi connectivity index (χ0n) is 12.0. The van der Waals surface area contributed by atoms with E-state index < -0.39 is 0 Å². The van der Waals surface area contributed by atoms with Crippen LogP contribution in [-0.4, -0.2) is 16.9 Å². The number of amides is 1. The SMILES string of the molecule is Cc1ccc2nc(NC(=O)C3CCCC(N)C3)sc2c1.Cl. The molecule has 3 rings (SSSR count). The number of nitrogens with two attached hydrogens (primary N) is 1. The Labute approximate surface area is 134 Å². The molecule has 1 fully saturated rings. The summed E-state index contributed by atoms with van der Waals surface area (Å²) in [6.45, 7) is 2.06. The van der Waals surface area contributed by atoms with Crippen LogP contribution in [0.1, 0.15) is 31.2 Å². The molecule has 6 heteroatoms. The van der Waals surface area contributed by atoms with E-state index in [0.29, 0.717) is 5.13 Å². The zero-order valence-corrected chi connectivity index (χ0v) is 13.6. The van der Waals surface area contributed by atoms with Gasteiger partial charge in [0.15, 0.2) is 5.13 Å². The number of fused-ring (bicyclic) bond motifs is 1. The van der Waals surface area contributed by atoms with Crippen molar-refractivity contribution in [1.82, 2.24) is 4.98 Å². The summed E-state index contributed by atoms with van der Waals surface area (Å²) in [5, 5.41) is 3.64. The third-order valence-electron chi connectivity index (χ3n) is 3.86. The molecule has 1 amide bonds. The van der Waals surface area contributed by atoms with E-state index in [2.05, 4.69) is 23.3 Å². The molecule has 1 heterocycles. The van der Waals surface area contributed by atoms with E-state index in [0.717, 1.165) is 35.9 Å². The minimum absolute atomic E-state index is 0. The molecule has 1 aliphatic carbocycles. The highest BCUT2D eigenvalue weighted by molar-refractivity contribution is 7.22. The molecule has 2 atom stereocenters. The van der Waals surface area contributed by atoms with Crippen LogP contribution in [0.5, 0.6) is 0 Å². The van der Waals surface area contributed by atoms with Crippen LogP contribution in [0.25, 0.3) is 10.2 Å². The number of anilines is 1. The largest absolute Gasteiger partial charge is 0.328 e. The summed E-state index contributed by atoms with van der Waals surface area (Å²) >= 11 is 1.53. The van der Waals surface area contributed by atoms with Crippen LogP contribution >= 0.6 is 23.7 Å². The van der Waals surface area contributed by atoms with E-state index >= 15 is 0 Å². The van der Waals surface area contributed by atoms with Gasteiger partial charge in [-0.05, 0) is 43.9 Å². The van der Waals surface area contributed by atoms with Crippen molar-refractivity contribution >= 4 is 45.0 Å². The van der Waals surface area contributed by atoms with Gasteiger partial charge in [0.25, 0.3) is 0 Å².